The molecular formula is C46H60Cl3NO13Si. The molecule has 6 rings (SSSR count). The monoisotopic (exact) mass is 967 g/mol. The highest BCUT2D eigenvalue weighted by Gasteiger charge is 2.57. The molecule has 14 nitrogen and oxygen atoms in total. The number of carbonyl (C=O) groups excluding carboxylic acids is 2. The van der Waals surface area contributed by atoms with Gasteiger partial charge in [0.15, 0.2) is 33.3 Å². The van der Waals surface area contributed by atoms with Gasteiger partial charge in [0.05, 0.1) is 26.4 Å². The number of carbonyl (C=O) groups is 2. The Morgan fingerprint density at radius 1 is 0.844 bits per heavy atom. The van der Waals surface area contributed by atoms with Crippen molar-refractivity contribution in [2.24, 2.45) is 5.92 Å². The van der Waals surface area contributed by atoms with Gasteiger partial charge >= 0.3 is 12.1 Å². The van der Waals surface area contributed by atoms with Crippen LogP contribution in [0.4, 0.5) is 4.79 Å². The molecule has 3 aliphatic heterocycles. The van der Waals surface area contributed by atoms with Crippen molar-refractivity contribution in [3.05, 3.63) is 108 Å². The number of hydrogen-bond acceptors (Lipinski definition) is 13. The number of amides is 1. The maximum atomic E-state index is 13.6. The van der Waals surface area contributed by atoms with Crippen LogP contribution in [0.3, 0.4) is 0 Å². The van der Waals surface area contributed by atoms with Crippen LogP contribution >= 0.6 is 34.8 Å². The fourth-order valence-corrected chi connectivity index (χ4v) is 10.3. The van der Waals surface area contributed by atoms with E-state index in [4.69, 9.17) is 81.9 Å². The molecule has 3 heterocycles. The van der Waals surface area contributed by atoms with Crippen LogP contribution in [0.15, 0.2) is 91.0 Å². The van der Waals surface area contributed by atoms with Crippen molar-refractivity contribution < 1.29 is 61.8 Å². The third-order valence-corrected chi connectivity index (χ3v) is 17.2. The zero-order chi connectivity index (χ0) is 46.2. The van der Waals surface area contributed by atoms with Crippen LogP contribution in [-0.2, 0) is 65.1 Å². The van der Waals surface area contributed by atoms with Crippen LogP contribution in [0.25, 0.3) is 0 Å². The summed E-state index contributed by atoms with van der Waals surface area (Å²) in [5.41, 5.74) is 2.54. The molecule has 0 radical (unpaired) electrons. The molecule has 0 aromatic heterocycles. The number of aliphatic hydroxyl groups is 1. The van der Waals surface area contributed by atoms with E-state index in [2.05, 4.69) is 33.0 Å². The number of alkyl halides is 3. The number of hydrogen-bond donors (Lipinski definition) is 2. The summed E-state index contributed by atoms with van der Waals surface area (Å²) in [4.78, 5) is 26.7. The van der Waals surface area contributed by atoms with E-state index in [0.29, 0.717) is 0 Å². The first-order valence-electron chi connectivity index (χ1n) is 21.4. The van der Waals surface area contributed by atoms with Crippen molar-refractivity contribution >= 4 is 55.2 Å². The number of rotatable bonds is 17. The molecule has 3 fully saturated rings. The lowest BCUT2D eigenvalue weighted by molar-refractivity contribution is -0.384. The van der Waals surface area contributed by atoms with E-state index >= 15 is 0 Å². The molecule has 3 aliphatic rings. The Hall–Kier alpha value is -2.87. The molecule has 0 unspecified atom stereocenters. The molecule has 2 N–H and O–H groups in total. The van der Waals surface area contributed by atoms with Gasteiger partial charge in [0, 0.05) is 12.5 Å². The minimum absolute atomic E-state index is 0.0562. The molecule has 64 heavy (non-hydrogen) atoms. The molecule has 0 saturated carbocycles. The number of halogens is 3. The lowest BCUT2D eigenvalue weighted by Gasteiger charge is -2.52. The summed E-state index contributed by atoms with van der Waals surface area (Å²) in [6, 6.07) is 27.2. The van der Waals surface area contributed by atoms with Crippen molar-refractivity contribution in [3.8, 4) is 0 Å². The molecular weight excluding hydrogens is 909 g/mol. The zero-order valence-corrected chi connectivity index (χ0v) is 40.4. The molecule has 0 bridgehead atoms. The van der Waals surface area contributed by atoms with Crippen molar-refractivity contribution in [2.75, 3.05) is 19.8 Å². The highest BCUT2D eigenvalue weighted by Crippen LogP contribution is 2.46. The molecule has 352 valence electrons. The van der Waals surface area contributed by atoms with Crippen molar-refractivity contribution in [2.45, 2.75) is 137 Å². The van der Waals surface area contributed by atoms with E-state index < -0.39 is 98.4 Å². The summed E-state index contributed by atoms with van der Waals surface area (Å²) in [6.45, 7) is 13.5. The van der Waals surface area contributed by atoms with E-state index in [1.807, 2.05) is 104 Å². The Balaban J connectivity index is 1.36. The van der Waals surface area contributed by atoms with Crippen molar-refractivity contribution in [1.82, 2.24) is 5.32 Å². The molecule has 18 heteroatoms. The second kappa shape index (κ2) is 22.3. The van der Waals surface area contributed by atoms with Gasteiger partial charge in [-0.25, -0.2) is 4.79 Å². The van der Waals surface area contributed by atoms with Gasteiger partial charge in [-0.2, -0.15) is 0 Å². The van der Waals surface area contributed by atoms with Crippen LogP contribution in [-0.4, -0.2) is 110 Å². The van der Waals surface area contributed by atoms with Crippen LogP contribution in [0.1, 0.15) is 57.6 Å². The largest absolute Gasteiger partial charge is 0.457 e. The molecule has 3 aromatic rings. The van der Waals surface area contributed by atoms with E-state index in [1.54, 1.807) is 0 Å². The van der Waals surface area contributed by atoms with E-state index in [-0.39, 0.29) is 37.4 Å². The van der Waals surface area contributed by atoms with Gasteiger partial charge in [-0.15, -0.1) is 0 Å². The average Bonchev–Trinajstić information content (AvgIpc) is 3.25. The number of fused-ring (bicyclic) bond motifs is 1. The summed E-state index contributed by atoms with van der Waals surface area (Å²) in [7, 11) is -2.79. The van der Waals surface area contributed by atoms with Gasteiger partial charge < -0.3 is 57.5 Å². The first-order chi connectivity index (χ1) is 30.3. The maximum Gasteiger partial charge on any atom is 0.407 e. The predicted octanol–water partition coefficient (Wildman–Crippen LogP) is 8.15. The van der Waals surface area contributed by atoms with E-state index in [1.165, 1.54) is 6.92 Å². The van der Waals surface area contributed by atoms with Gasteiger partial charge in [-0.05, 0) is 35.2 Å². The summed E-state index contributed by atoms with van der Waals surface area (Å²) in [6.07, 6.45) is -12.2. The lowest BCUT2D eigenvalue weighted by atomic mass is 9.94. The van der Waals surface area contributed by atoms with Crippen LogP contribution < -0.4 is 5.32 Å². The standard InChI is InChI=1S/C46H60Cl3NO13Si/c1-28(2)45(4,5)64(6,7)63-42-35(50-44(53)57-27-46(47,48)49)39(58-29(3)51)37(33(59-42)25-54-23-30-17-11-8-12-18-30)62-43-36(52)40(55-24-31-19-13-9-14-20-31)38-34(60-43)26-56-41(61-38)32-21-15-10-16-22-32/h8-22,28,33-43,52H,23-27H2,1-7H3,(H,50,53)/t33-,34-,35-,36-,37-,38-,39-,40-,41-,42+,43+/m1/s1. The summed E-state index contributed by atoms with van der Waals surface area (Å²) in [5, 5.41) is 14.7. The predicted molar refractivity (Wildman–Crippen MR) is 241 cm³/mol. The summed E-state index contributed by atoms with van der Waals surface area (Å²) < 4.78 is 61.9. The van der Waals surface area contributed by atoms with Gasteiger partial charge in [0.2, 0.25) is 3.79 Å². The molecule has 3 saturated heterocycles. The highest BCUT2D eigenvalue weighted by atomic mass is 35.6. The van der Waals surface area contributed by atoms with Crippen LogP contribution in [0, 0.1) is 5.92 Å². The maximum absolute atomic E-state index is 13.6. The Morgan fingerprint density at radius 3 is 2.05 bits per heavy atom. The molecule has 3 aromatic carbocycles. The number of esters is 1. The molecule has 1 amide bonds. The summed E-state index contributed by atoms with van der Waals surface area (Å²) in [5.74, 6) is -0.524. The molecule has 0 spiro atoms. The second-order valence-electron chi connectivity index (χ2n) is 17.6. The Labute approximate surface area is 391 Å². The fourth-order valence-electron chi connectivity index (χ4n) is 7.68. The SMILES string of the molecule is CC(=O)O[C@@H]1[C@@H](NC(=O)OCC(Cl)(Cl)Cl)[C@H](O[Si](C)(C)C(C)(C)C(C)C)O[C@H](COCc2ccccc2)[C@H]1O[C@@H]1O[C@@H]2CO[C@@H](c3ccccc3)O[C@H]2[C@H](OCc2ccccc2)[C@H]1O. The van der Waals surface area contributed by atoms with Crippen LogP contribution in [0.2, 0.25) is 18.1 Å². The van der Waals surface area contributed by atoms with Crippen LogP contribution in [0.5, 0.6) is 0 Å². The quantitative estimate of drug-likeness (QED) is 0.0760. The topological polar surface area (TPSA) is 159 Å². The molecule has 0 aliphatic carbocycles. The van der Waals surface area contributed by atoms with E-state index in [0.717, 1.165) is 16.7 Å². The Bertz CT molecular complexity index is 1930. The highest BCUT2D eigenvalue weighted by molar-refractivity contribution is 6.74. The third-order valence-electron chi connectivity index (χ3n) is 12.4. The number of aliphatic hydroxyl groups excluding tert-OH is 1. The Morgan fingerprint density at radius 2 is 1.45 bits per heavy atom. The van der Waals surface area contributed by atoms with Gasteiger partial charge in [0.1, 0.15) is 49.3 Å². The van der Waals surface area contributed by atoms with Gasteiger partial charge in [-0.3, -0.25) is 4.79 Å². The average molecular weight is 969 g/mol. The summed E-state index contributed by atoms with van der Waals surface area (Å²) >= 11 is 17.8. The second-order valence-corrected chi connectivity index (χ2v) is 24.6. The number of alkyl carbamates (subject to hydrolysis) is 1. The number of benzene rings is 3. The Kier molecular flexibility index (Phi) is 17.6. The first kappa shape index (κ1) is 50.5. The third kappa shape index (κ3) is 13.2. The van der Waals surface area contributed by atoms with Gasteiger partial charge in [0.25, 0.3) is 0 Å². The van der Waals surface area contributed by atoms with Crippen molar-refractivity contribution in [1.29, 1.82) is 0 Å². The van der Waals surface area contributed by atoms with Gasteiger partial charge in [-0.1, -0.05) is 153 Å². The fraction of sp³-hybridized carbons (Fsp3) is 0.565. The molecule has 11 atom stereocenters. The first-order valence-corrected chi connectivity index (χ1v) is 25.5. The number of nitrogens with one attached hydrogen (secondary N) is 1. The normalized spacial score (nSPS) is 28.8. The van der Waals surface area contributed by atoms with E-state index in [9.17, 15) is 14.7 Å². The zero-order valence-electron chi connectivity index (χ0n) is 37.1. The number of ether oxygens (including phenoxy) is 9. The minimum Gasteiger partial charge on any atom is -0.457 e. The smallest absolute Gasteiger partial charge is 0.407 e. The lowest BCUT2D eigenvalue weighted by Crippen LogP contribution is -2.70. The minimum atomic E-state index is -2.79. The van der Waals surface area contributed by atoms with Crippen molar-refractivity contribution in [3.63, 3.8) is 0 Å².